The SMILES string of the molecule is O=C(C=C(O)c1nc[nH]n1)c1cn(Cc2ccc(F)cc2)cc1Cc1ccc(F)cc1. The molecule has 0 spiro atoms. The zero-order valence-corrected chi connectivity index (χ0v) is 16.3. The summed E-state index contributed by atoms with van der Waals surface area (Å²) in [5, 5.41) is 16.4. The summed E-state index contributed by atoms with van der Waals surface area (Å²) in [4.78, 5) is 16.7. The zero-order valence-electron chi connectivity index (χ0n) is 16.3. The fourth-order valence-electron chi connectivity index (χ4n) is 3.23. The summed E-state index contributed by atoms with van der Waals surface area (Å²) in [6.07, 6.45) is 6.24. The standard InChI is InChI=1S/C23H18F2N4O2/c24-18-5-1-15(2-6-18)9-17-12-29(11-16-3-7-19(25)8-4-16)13-20(17)21(30)10-22(31)23-26-14-27-28-23/h1-8,10,12-14,31H,9,11H2,(H,26,27,28). The number of rotatable bonds is 7. The molecule has 0 unspecified atom stereocenters. The lowest BCUT2D eigenvalue weighted by atomic mass is 10.0. The van der Waals surface area contributed by atoms with Gasteiger partial charge in [-0.1, -0.05) is 24.3 Å². The van der Waals surface area contributed by atoms with Gasteiger partial charge < -0.3 is 9.67 Å². The molecule has 2 heterocycles. The molecule has 0 aliphatic rings. The van der Waals surface area contributed by atoms with Gasteiger partial charge in [-0.2, -0.15) is 5.10 Å². The molecular formula is C23H18F2N4O2. The third-order valence-corrected chi connectivity index (χ3v) is 4.73. The Hall–Kier alpha value is -4.07. The third kappa shape index (κ3) is 4.92. The van der Waals surface area contributed by atoms with E-state index in [0.29, 0.717) is 24.1 Å². The van der Waals surface area contributed by atoms with Crippen molar-refractivity contribution in [3.05, 3.63) is 113 Å². The summed E-state index contributed by atoms with van der Waals surface area (Å²) in [5.74, 6) is -1.42. The molecule has 0 saturated heterocycles. The highest BCUT2D eigenvalue weighted by molar-refractivity contribution is 6.08. The van der Waals surface area contributed by atoms with E-state index in [-0.39, 0.29) is 23.2 Å². The molecule has 2 aromatic heterocycles. The number of carbonyl (C=O) groups excluding carboxylic acids is 1. The maximum atomic E-state index is 13.3. The van der Waals surface area contributed by atoms with E-state index < -0.39 is 5.78 Å². The van der Waals surface area contributed by atoms with Gasteiger partial charge in [0.15, 0.2) is 11.5 Å². The Bertz CT molecular complexity index is 1210. The maximum absolute atomic E-state index is 13.3. The van der Waals surface area contributed by atoms with E-state index in [9.17, 15) is 18.7 Å². The minimum absolute atomic E-state index is 0.0131. The fraction of sp³-hybridized carbons (Fsp3) is 0.0870. The minimum Gasteiger partial charge on any atom is -0.504 e. The molecule has 0 atom stereocenters. The van der Waals surface area contributed by atoms with Crippen LogP contribution < -0.4 is 0 Å². The Morgan fingerprint density at radius 2 is 1.65 bits per heavy atom. The van der Waals surface area contributed by atoms with Crippen LogP contribution >= 0.6 is 0 Å². The molecule has 0 bridgehead atoms. The highest BCUT2D eigenvalue weighted by Crippen LogP contribution is 2.20. The summed E-state index contributed by atoms with van der Waals surface area (Å²) in [6, 6.07) is 12.1. The van der Waals surface area contributed by atoms with E-state index in [0.717, 1.165) is 17.2 Å². The summed E-state index contributed by atoms with van der Waals surface area (Å²) in [5.41, 5.74) is 2.78. The van der Waals surface area contributed by atoms with E-state index >= 15 is 0 Å². The molecule has 8 heteroatoms. The normalized spacial score (nSPS) is 11.6. The Morgan fingerprint density at radius 3 is 2.26 bits per heavy atom. The molecule has 6 nitrogen and oxygen atoms in total. The van der Waals surface area contributed by atoms with Gasteiger partial charge in [-0.15, -0.1) is 0 Å². The number of aliphatic hydroxyl groups excluding tert-OH is 1. The number of aliphatic hydroxyl groups is 1. The fourth-order valence-corrected chi connectivity index (χ4v) is 3.23. The molecule has 31 heavy (non-hydrogen) atoms. The number of allylic oxidation sites excluding steroid dienone is 1. The number of hydrogen-bond donors (Lipinski definition) is 2. The van der Waals surface area contributed by atoms with Crippen molar-refractivity contribution in [1.82, 2.24) is 19.7 Å². The average molecular weight is 420 g/mol. The Morgan fingerprint density at radius 1 is 1.00 bits per heavy atom. The average Bonchev–Trinajstić information content (AvgIpc) is 3.42. The molecule has 0 fully saturated rings. The van der Waals surface area contributed by atoms with Gasteiger partial charge in [-0.05, 0) is 47.4 Å². The first kappa shape index (κ1) is 20.2. The van der Waals surface area contributed by atoms with E-state index in [1.807, 2.05) is 10.8 Å². The number of benzene rings is 2. The number of carbonyl (C=O) groups is 1. The summed E-state index contributed by atoms with van der Waals surface area (Å²) < 4.78 is 28.3. The highest BCUT2D eigenvalue weighted by Gasteiger charge is 2.16. The molecule has 0 aliphatic heterocycles. The van der Waals surface area contributed by atoms with Crippen LogP contribution in [0.15, 0.2) is 73.3 Å². The number of hydrogen-bond acceptors (Lipinski definition) is 4. The summed E-state index contributed by atoms with van der Waals surface area (Å²) >= 11 is 0. The Labute approximate surface area is 176 Å². The zero-order chi connectivity index (χ0) is 21.8. The number of nitrogens with one attached hydrogen (secondary N) is 1. The Balaban J connectivity index is 1.66. The van der Waals surface area contributed by atoms with Crippen LogP contribution in [0.2, 0.25) is 0 Å². The molecule has 156 valence electrons. The van der Waals surface area contributed by atoms with Gasteiger partial charge in [0.05, 0.1) is 0 Å². The highest BCUT2D eigenvalue weighted by atomic mass is 19.1. The molecule has 0 saturated carbocycles. The molecule has 4 aromatic rings. The van der Waals surface area contributed by atoms with Crippen molar-refractivity contribution in [1.29, 1.82) is 0 Å². The van der Waals surface area contributed by atoms with Crippen LogP contribution in [0.3, 0.4) is 0 Å². The molecule has 4 rings (SSSR count). The van der Waals surface area contributed by atoms with Crippen LogP contribution in [0.4, 0.5) is 8.78 Å². The van der Waals surface area contributed by atoms with E-state index in [2.05, 4.69) is 15.2 Å². The predicted octanol–water partition coefficient (Wildman–Crippen LogP) is 4.31. The van der Waals surface area contributed by atoms with E-state index in [4.69, 9.17) is 0 Å². The monoisotopic (exact) mass is 420 g/mol. The lowest BCUT2D eigenvalue weighted by Gasteiger charge is -2.03. The van der Waals surface area contributed by atoms with Crippen LogP contribution in [-0.4, -0.2) is 30.6 Å². The maximum Gasteiger partial charge on any atom is 0.215 e. The smallest absolute Gasteiger partial charge is 0.215 e. The quantitative estimate of drug-likeness (QED) is 0.265. The second kappa shape index (κ2) is 8.74. The number of H-pyrrole nitrogens is 1. The minimum atomic E-state index is -0.419. The summed E-state index contributed by atoms with van der Waals surface area (Å²) in [7, 11) is 0. The van der Waals surface area contributed by atoms with Crippen molar-refractivity contribution in [2.24, 2.45) is 0 Å². The largest absolute Gasteiger partial charge is 0.504 e. The van der Waals surface area contributed by atoms with Gasteiger partial charge >= 0.3 is 0 Å². The molecule has 0 radical (unpaired) electrons. The topological polar surface area (TPSA) is 83.8 Å². The number of halogens is 2. The Kier molecular flexibility index (Phi) is 5.70. The molecule has 2 aromatic carbocycles. The van der Waals surface area contributed by atoms with Crippen LogP contribution in [0.1, 0.15) is 32.9 Å². The number of aromatic nitrogens is 4. The first-order chi connectivity index (χ1) is 15.0. The van der Waals surface area contributed by atoms with Crippen molar-refractivity contribution in [3.8, 4) is 0 Å². The van der Waals surface area contributed by atoms with E-state index in [1.165, 1.54) is 30.6 Å². The number of aromatic amines is 1. The van der Waals surface area contributed by atoms with Crippen molar-refractivity contribution >= 4 is 11.5 Å². The first-order valence-corrected chi connectivity index (χ1v) is 9.46. The van der Waals surface area contributed by atoms with Crippen LogP contribution in [0.5, 0.6) is 0 Å². The van der Waals surface area contributed by atoms with Gasteiger partial charge in [0.25, 0.3) is 0 Å². The van der Waals surface area contributed by atoms with E-state index in [1.54, 1.807) is 30.5 Å². The van der Waals surface area contributed by atoms with Crippen LogP contribution in [0, 0.1) is 11.6 Å². The molecule has 2 N–H and O–H groups in total. The van der Waals surface area contributed by atoms with Gasteiger partial charge in [-0.25, -0.2) is 13.8 Å². The number of ketones is 1. The van der Waals surface area contributed by atoms with Gasteiger partial charge in [-0.3, -0.25) is 9.89 Å². The lowest BCUT2D eigenvalue weighted by Crippen LogP contribution is -2.01. The van der Waals surface area contributed by atoms with Crippen LogP contribution in [-0.2, 0) is 13.0 Å². The van der Waals surface area contributed by atoms with Gasteiger partial charge in [0, 0.05) is 30.6 Å². The van der Waals surface area contributed by atoms with Crippen molar-refractivity contribution in [3.63, 3.8) is 0 Å². The predicted molar refractivity (Wildman–Crippen MR) is 110 cm³/mol. The molecule has 0 aliphatic carbocycles. The van der Waals surface area contributed by atoms with Crippen molar-refractivity contribution in [2.75, 3.05) is 0 Å². The third-order valence-electron chi connectivity index (χ3n) is 4.73. The molecular weight excluding hydrogens is 402 g/mol. The van der Waals surface area contributed by atoms with Gasteiger partial charge in [0.2, 0.25) is 5.82 Å². The lowest BCUT2D eigenvalue weighted by molar-refractivity contribution is 0.104. The summed E-state index contributed by atoms with van der Waals surface area (Å²) in [6.45, 7) is 0.431. The van der Waals surface area contributed by atoms with Crippen molar-refractivity contribution < 1.29 is 18.7 Å². The second-order valence-electron chi connectivity index (χ2n) is 7.02. The van der Waals surface area contributed by atoms with Crippen LogP contribution in [0.25, 0.3) is 5.76 Å². The number of nitrogens with zero attached hydrogens (tertiary/aromatic N) is 3. The second-order valence-corrected chi connectivity index (χ2v) is 7.02. The van der Waals surface area contributed by atoms with Gasteiger partial charge in [0.1, 0.15) is 18.0 Å². The van der Waals surface area contributed by atoms with Crippen molar-refractivity contribution in [2.45, 2.75) is 13.0 Å². The molecule has 0 amide bonds. The first-order valence-electron chi connectivity index (χ1n) is 9.46.